The lowest BCUT2D eigenvalue weighted by molar-refractivity contribution is 0.0643. The van der Waals surface area contributed by atoms with E-state index >= 15 is 0 Å². The number of fused-ring (bicyclic) bond motifs is 1. The van der Waals surface area contributed by atoms with Crippen molar-refractivity contribution < 1.29 is 14.0 Å². The number of nitrogens with one attached hydrogen (secondary N) is 1. The Morgan fingerprint density at radius 1 is 1.15 bits per heavy atom. The van der Waals surface area contributed by atoms with Crippen molar-refractivity contribution in [3.05, 3.63) is 59.8 Å². The molecule has 176 valence electrons. The Kier molecular flexibility index (Phi) is 7.55. The molecule has 1 aromatic carbocycles. The van der Waals surface area contributed by atoms with Crippen molar-refractivity contribution >= 4 is 35.0 Å². The molecule has 1 aliphatic rings. The molecule has 6 nitrogen and oxygen atoms in total. The number of hydrogen-bond acceptors (Lipinski definition) is 4. The van der Waals surface area contributed by atoms with Gasteiger partial charge in [-0.15, -0.1) is 12.4 Å². The largest absolute Gasteiger partial charge is 0.334 e. The molecule has 0 bridgehead atoms. The van der Waals surface area contributed by atoms with Gasteiger partial charge >= 0.3 is 0 Å². The average molecular weight is 473 g/mol. The minimum absolute atomic E-state index is 0. The van der Waals surface area contributed by atoms with E-state index in [4.69, 9.17) is 0 Å². The summed E-state index contributed by atoms with van der Waals surface area (Å²) in [6.45, 7) is 9.26. The molecule has 1 aliphatic heterocycles. The topological polar surface area (TPSA) is 67.2 Å². The van der Waals surface area contributed by atoms with Crippen LogP contribution >= 0.6 is 12.4 Å². The maximum atomic E-state index is 14.3. The Morgan fingerprint density at radius 2 is 1.88 bits per heavy atom. The molecule has 3 heterocycles. The Balaban J connectivity index is 0.00000306. The molecule has 1 N–H and O–H groups in total. The molecule has 0 aliphatic carbocycles. The third-order valence-corrected chi connectivity index (χ3v) is 6.10. The van der Waals surface area contributed by atoms with Gasteiger partial charge in [0.05, 0.1) is 23.0 Å². The van der Waals surface area contributed by atoms with Crippen LogP contribution in [-0.4, -0.2) is 51.3 Å². The number of carbonyl (C=O) groups excluding carboxylic acids is 2. The van der Waals surface area contributed by atoms with Gasteiger partial charge in [0.2, 0.25) is 0 Å². The number of Topliss-reactive ketones (excluding diaryl/α,β-unsaturated/α-hetero) is 1. The average Bonchev–Trinajstić information content (AvgIpc) is 3.41. The van der Waals surface area contributed by atoms with Crippen molar-refractivity contribution in [2.75, 3.05) is 13.1 Å². The first-order valence-electron chi connectivity index (χ1n) is 11.1. The van der Waals surface area contributed by atoms with Crippen LogP contribution in [-0.2, 0) is 0 Å². The van der Waals surface area contributed by atoms with Gasteiger partial charge in [0.1, 0.15) is 5.82 Å². The highest BCUT2D eigenvalue weighted by atomic mass is 35.5. The molecule has 0 spiro atoms. The van der Waals surface area contributed by atoms with Gasteiger partial charge in [-0.3, -0.25) is 14.6 Å². The number of nitrogens with zero attached hydrogens (tertiary/aromatic N) is 3. The second-order valence-electron chi connectivity index (χ2n) is 8.92. The van der Waals surface area contributed by atoms with E-state index in [0.717, 1.165) is 18.4 Å². The van der Waals surface area contributed by atoms with Gasteiger partial charge in [-0.1, -0.05) is 0 Å². The summed E-state index contributed by atoms with van der Waals surface area (Å²) in [6.07, 6.45) is 5.91. The zero-order valence-corrected chi connectivity index (χ0v) is 20.2. The lowest BCUT2D eigenvalue weighted by Crippen LogP contribution is -2.42. The third-order valence-electron chi connectivity index (χ3n) is 6.10. The summed E-state index contributed by atoms with van der Waals surface area (Å²) in [7, 11) is 0. The van der Waals surface area contributed by atoms with E-state index in [2.05, 4.69) is 10.3 Å². The van der Waals surface area contributed by atoms with Gasteiger partial charge in [-0.2, -0.15) is 0 Å². The van der Waals surface area contributed by atoms with Gasteiger partial charge in [0, 0.05) is 47.9 Å². The molecule has 33 heavy (non-hydrogen) atoms. The fraction of sp³-hybridized carbons (Fsp3) is 0.400. The van der Waals surface area contributed by atoms with Gasteiger partial charge in [0.15, 0.2) is 5.78 Å². The fourth-order valence-corrected chi connectivity index (χ4v) is 4.66. The number of benzene rings is 1. The normalized spacial score (nSPS) is 15.8. The van der Waals surface area contributed by atoms with Crippen LogP contribution < -0.4 is 5.32 Å². The SMILES string of the molecule is CC(C)N(C(=O)c1cc(F)ccc1-n1cc(C(=O)[C@@H]2CCNC2)c2ccncc21)C(C)C.Cl. The summed E-state index contributed by atoms with van der Waals surface area (Å²) in [5, 5.41) is 4.02. The zero-order valence-electron chi connectivity index (χ0n) is 19.3. The second-order valence-corrected chi connectivity index (χ2v) is 8.92. The summed E-state index contributed by atoms with van der Waals surface area (Å²) in [5.74, 6) is -0.726. The number of halogens is 2. The summed E-state index contributed by atoms with van der Waals surface area (Å²) in [6, 6.07) is 5.94. The van der Waals surface area contributed by atoms with Crippen molar-refractivity contribution in [3.63, 3.8) is 0 Å². The number of rotatable bonds is 6. The molecule has 0 unspecified atom stereocenters. The first kappa shape index (κ1) is 24.9. The minimum Gasteiger partial charge on any atom is -0.334 e. The lowest BCUT2D eigenvalue weighted by atomic mass is 9.97. The van der Waals surface area contributed by atoms with E-state index in [1.54, 1.807) is 34.1 Å². The van der Waals surface area contributed by atoms with Gasteiger partial charge in [-0.05, 0) is 64.9 Å². The van der Waals surface area contributed by atoms with E-state index in [0.29, 0.717) is 23.3 Å². The second kappa shape index (κ2) is 10.0. The zero-order chi connectivity index (χ0) is 23.0. The minimum atomic E-state index is -0.479. The van der Waals surface area contributed by atoms with Crippen LogP contribution in [0.2, 0.25) is 0 Å². The predicted octanol–water partition coefficient (Wildman–Crippen LogP) is 4.64. The predicted molar refractivity (Wildman–Crippen MR) is 130 cm³/mol. The van der Waals surface area contributed by atoms with Crippen molar-refractivity contribution in [1.82, 2.24) is 19.8 Å². The number of ketones is 1. The first-order chi connectivity index (χ1) is 15.3. The lowest BCUT2D eigenvalue weighted by Gasteiger charge is -2.31. The number of pyridine rings is 1. The molecule has 1 fully saturated rings. The van der Waals surface area contributed by atoms with E-state index in [-0.39, 0.29) is 47.7 Å². The number of amides is 1. The van der Waals surface area contributed by atoms with Crippen molar-refractivity contribution in [2.45, 2.75) is 46.2 Å². The molecule has 1 atom stereocenters. The molecular weight excluding hydrogens is 443 g/mol. The molecule has 1 amide bonds. The molecule has 0 radical (unpaired) electrons. The molecule has 0 saturated carbocycles. The van der Waals surface area contributed by atoms with E-state index in [9.17, 15) is 14.0 Å². The molecule has 3 aromatic rings. The highest BCUT2D eigenvalue weighted by Gasteiger charge is 2.29. The number of aromatic nitrogens is 2. The third kappa shape index (κ3) is 4.66. The Bertz CT molecular complexity index is 1160. The van der Waals surface area contributed by atoms with Crippen molar-refractivity contribution in [1.29, 1.82) is 0 Å². The molecule has 8 heteroatoms. The Hall–Kier alpha value is -2.77. The van der Waals surface area contributed by atoms with Gasteiger partial charge < -0.3 is 14.8 Å². The Labute approximate surface area is 199 Å². The fourth-order valence-electron chi connectivity index (χ4n) is 4.66. The molecule has 4 rings (SSSR count). The number of carbonyl (C=O) groups is 2. The van der Waals surface area contributed by atoms with Crippen molar-refractivity contribution in [2.24, 2.45) is 5.92 Å². The monoisotopic (exact) mass is 472 g/mol. The summed E-state index contributed by atoms with van der Waals surface area (Å²) < 4.78 is 16.1. The van der Waals surface area contributed by atoms with Crippen LogP contribution in [0.5, 0.6) is 0 Å². The van der Waals surface area contributed by atoms with E-state index in [1.165, 1.54) is 12.1 Å². The smallest absolute Gasteiger partial charge is 0.256 e. The maximum absolute atomic E-state index is 14.3. The van der Waals surface area contributed by atoms with E-state index in [1.807, 2.05) is 33.8 Å². The standard InChI is InChI=1S/C25H29FN4O2.ClH/c1-15(2)30(16(3)4)25(32)20-11-18(26)5-6-22(20)29-14-21(19-8-10-28-13-23(19)29)24(31)17-7-9-27-12-17;/h5-6,8,10-11,13-17,27H,7,9,12H2,1-4H3;1H/t17-;/m1./s1. The quantitative estimate of drug-likeness (QED) is 0.531. The van der Waals surface area contributed by atoms with Crippen LogP contribution in [0.4, 0.5) is 4.39 Å². The van der Waals surface area contributed by atoms with Crippen molar-refractivity contribution in [3.8, 4) is 5.69 Å². The molecule has 2 aromatic heterocycles. The Morgan fingerprint density at radius 3 is 2.52 bits per heavy atom. The molecular formula is C25H30ClFN4O2. The van der Waals surface area contributed by atoms with Crippen LogP contribution in [0, 0.1) is 11.7 Å². The van der Waals surface area contributed by atoms with Gasteiger partial charge in [-0.25, -0.2) is 4.39 Å². The van der Waals surface area contributed by atoms with Crippen LogP contribution in [0.3, 0.4) is 0 Å². The van der Waals surface area contributed by atoms with E-state index < -0.39 is 5.82 Å². The summed E-state index contributed by atoms with van der Waals surface area (Å²) in [4.78, 5) is 32.7. The highest BCUT2D eigenvalue weighted by molar-refractivity contribution is 6.10. The van der Waals surface area contributed by atoms with Crippen LogP contribution in [0.15, 0.2) is 42.9 Å². The summed E-state index contributed by atoms with van der Waals surface area (Å²) in [5.41, 5.74) is 2.10. The van der Waals surface area contributed by atoms with Gasteiger partial charge in [0.25, 0.3) is 5.91 Å². The number of hydrogen-bond donors (Lipinski definition) is 1. The van der Waals surface area contributed by atoms with Crippen LogP contribution in [0.1, 0.15) is 54.8 Å². The molecule has 1 saturated heterocycles. The highest BCUT2D eigenvalue weighted by Crippen LogP contribution is 2.30. The van der Waals surface area contributed by atoms with Crippen LogP contribution in [0.25, 0.3) is 16.6 Å². The maximum Gasteiger partial charge on any atom is 0.256 e. The first-order valence-corrected chi connectivity index (χ1v) is 11.1. The summed E-state index contributed by atoms with van der Waals surface area (Å²) >= 11 is 0.